The molecule has 20 heteroatoms. The Kier molecular flexibility index (Phi) is 14.7. The molecule has 0 saturated carbocycles. The second kappa shape index (κ2) is 21.8. The number of esters is 7. The minimum absolute atomic E-state index is 0.00647. The third-order valence-corrected chi connectivity index (χ3v) is 12.0. The Morgan fingerprint density at radius 2 is 1.04 bits per heavy atom. The Hall–Kier alpha value is -9.04. The molecule has 380 valence electrons. The van der Waals surface area contributed by atoms with Crippen molar-refractivity contribution in [1.82, 2.24) is 5.32 Å². The molecular weight excluding hydrogens is 967 g/mol. The van der Waals surface area contributed by atoms with Gasteiger partial charge in [-0.05, 0) is 66.2 Å². The predicted octanol–water partition coefficient (Wildman–Crippen LogP) is 5.36. The number of ether oxygens (including phenoxy) is 11. The first kappa shape index (κ1) is 49.9. The maximum absolute atomic E-state index is 14.8. The van der Waals surface area contributed by atoms with Gasteiger partial charge in [-0.2, -0.15) is 0 Å². The molecule has 74 heavy (non-hydrogen) atoms. The average Bonchev–Trinajstić information content (AvgIpc) is 3.89. The van der Waals surface area contributed by atoms with Crippen LogP contribution in [0.5, 0.6) is 17.2 Å². The van der Waals surface area contributed by atoms with Gasteiger partial charge in [0.15, 0.2) is 42.0 Å². The third-order valence-electron chi connectivity index (χ3n) is 12.0. The highest BCUT2D eigenvalue weighted by molar-refractivity contribution is 6.08. The molecule has 1 saturated heterocycles. The monoisotopic (exact) mass is 1010 g/mol. The van der Waals surface area contributed by atoms with Gasteiger partial charge in [-0.1, -0.05) is 72.8 Å². The summed E-state index contributed by atoms with van der Waals surface area (Å²) in [7, 11) is 0. The molecule has 9 atom stereocenters. The van der Waals surface area contributed by atoms with E-state index in [4.69, 9.17) is 52.1 Å². The second-order valence-electron chi connectivity index (χ2n) is 17.0. The summed E-state index contributed by atoms with van der Waals surface area (Å²) in [6.07, 6.45) is -11.9. The molecule has 1 fully saturated rings. The zero-order chi connectivity index (χ0) is 52.0. The van der Waals surface area contributed by atoms with Crippen molar-refractivity contribution in [2.75, 3.05) is 13.4 Å². The van der Waals surface area contributed by atoms with Crippen LogP contribution < -0.4 is 19.5 Å². The van der Waals surface area contributed by atoms with E-state index in [0.29, 0.717) is 0 Å². The van der Waals surface area contributed by atoms with Gasteiger partial charge in [-0.3, -0.25) is 19.2 Å². The van der Waals surface area contributed by atoms with Gasteiger partial charge in [0.25, 0.3) is 5.91 Å². The molecule has 0 bridgehead atoms. The number of nitrogens with one attached hydrogen (secondary N) is 1. The van der Waals surface area contributed by atoms with Crippen molar-refractivity contribution in [3.8, 4) is 17.2 Å². The van der Waals surface area contributed by atoms with E-state index < -0.39 is 116 Å². The Morgan fingerprint density at radius 1 is 0.554 bits per heavy atom. The SMILES string of the molecule is CC(=O)O[C@@H]1[C@H](OC(C)=O)[C@@H](OC(C)=O)C=C2c3cc4c(c(O[C@@H]5O[C@H](COC(=O)c6ccccc6)[C@@H](OC(=O)c6ccccc6)[C@H](OC(=O)c6ccccc6)[C@H]5OC(=O)c5ccccc5)c3C(=O)N[C@H]21)OCO4. The molecule has 4 aliphatic rings. The van der Waals surface area contributed by atoms with E-state index in [1.54, 1.807) is 72.8 Å². The fraction of sp³-hybridized carbons (Fsp3) is 0.259. The van der Waals surface area contributed by atoms with Crippen molar-refractivity contribution in [3.05, 3.63) is 167 Å². The Bertz CT molecular complexity index is 3000. The molecule has 20 nitrogen and oxygen atoms in total. The summed E-state index contributed by atoms with van der Waals surface area (Å²) in [6.45, 7) is 2.23. The third kappa shape index (κ3) is 10.7. The van der Waals surface area contributed by atoms with Crippen molar-refractivity contribution in [2.45, 2.75) is 75.8 Å². The van der Waals surface area contributed by atoms with E-state index in [1.807, 2.05) is 0 Å². The van der Waals surface area contributed by atoms with E-state index in [9.17, 15) is 38.4 Å². The lowest BCUT2D eigenvalue weighted by Gasteiger charge is -2.45. The number of hydrogen-bond acceptors (Lipinski definition) is 19. The van der Waals surface area contributed by atoms with Crippen LogP contribution in [0.15, 0.2) is 133 Å². The lowest BCUT2D eigenvalue weighted by atomic mass is 9.79. The molecule has 1 N–H and O–H groups in total. The van der Waals surface area contributed by atoms with Crippen LogP contribution >= 0.6 is 0 Å². The number of rotatable bonds is 14. The molecule has 3 heterocycles. The van der Waals surface area contributed by atoms with Crippen LogP contribution in [0, 0.1) is 0 Å². The van der Waals surface area contributed by atoms with Gasteiger partial charge in [0.2, 0.25) is 24.9 Å². The van der Waals surface area contributed by atoms with Crippen molar-refractivity contribution in [1.29, 1.82) is 0 Å². The normalized spacial score (nSPS) is 23.1. The number of hydrogen-bond donors (Lipinski definition) is 1. The van der Waals surface area contributed by atoms with Crippen molar-refractivity contribution >= 4 is 53.3 Å². The molecular formula is C54H45NO19. The standard InChI is InChI=1S/C54H45NO19/c1-28(56)67-38-25-36-35-24-37-42(66-27-65-37)45(40(35)49(59)55-41(36)46(69-30(3)58)43(38)68-29(2)57)74-54-48(73-53(63)34-22-14-7-15-23-34)47(72-52(62)33-20-12-6-13-21-33)44(71-51(61)32-18-10-5-11-19-32)39(70-54)26-64-50(60)31-16-8-4-9-17-31/h4-25,38-39,41,43-44,46-48,54H,26-27H2,1-3H3,(H,55,59)/t38-,39+,41+,43+,44+,46-,47-,48+,54-/m0/s1. The van der Waals surface area contributed by atoms with Gasteiger partial charge in [0.05, 0.1) is 33.9 Å². The largest absolute Gasteiger partial charge is 0.459 e. The first-order chi connectivity index (χ1) is 35.7. The maximum atomic E-state index is 14.8. The van der Waals surface area contributed by atoms with Crippen LogP contribution in [0.4, 0.5) is 0 Å². The number of benzene rings is 5. The molecule has 1 aliphatic carbocycles. The molecule has 5 aromatic rings. The number of fused-ring (bicyclic) bond motifs is 4. The van der Waals surface area contributed by atoms with Crippen LogP contribution in [-0.2, 0) is 52.3 Å². The van der Waals surface area contributed by atoms with Gasteiger partial charge in [-0.25, -0.2) is 19.2 Å². The summed E-state index contributed by atoms with van der Waals surface area (Å²) in [6, 6.07) is 31.4. The number of carbonyl (C=O) groups is 8. The molecule has 0 unspecified atom stereocenters. The molecule has 5 aromatic carbocycles. The van der Waals surface area contributed by atoms with E-state index in [0.717, 1.165) is 20.8 Å². The highest BCUT2D eigenvalue weighted by atomic mass is 16.7. The minimum atomic E-state index is -1.97. The summed E-state index contributed by atoms with van der Waals surface area (Å²) in [4.78, 5) is 109. The fourth-order valence-electron chi connectivity index (χ4n) is 8.82. The van der Waals surface area contributed by atoms with Gasteiger partial charge in [0, 0.05) is 26.3 Å². The quantitative estimate of drug-likeness (QED) is 0.109. The highest BCUT2D eigenvalue weighted by Crippen LogP contribution is 2.51. The molecule has 1 amide bonds. The lowest BCUT2D eigenvalue weighted by Crippen LogP contribution is -2.64. The molecule has 9 rings (SSSR count). The Labute approximate surface area is 421 Å². The summed E-state index contributed by atoms with van der Waals surface area (Å²) >= 11 is 0. The van der Waals surface area contributed by atoms with Crippen molar-refractivity contribution < 1.29 is 90.5 Å². The predicted molar refractivity (Wildman–Crippen MR) is 251 cm³/mol. The van der Waals surface area contributed by atoms with Crippen LogP contribution in [0.25, 0.3) is 5.57 Å². The van der Waals surface area contributed by atoms with Gasteiger partial charge < -0.3 is 57.4 Å². The van der Waals surface area contributed by atoms with Crippen molar-refractivity contribution in [3.63, 3.8) is 0 Å². The van der Waals surface area contributed by atoms with Crippen molar-refractivity contribution in [2.24, 2.45) is 0 Å². The second-order valence-corrected chi connectivity index (χ2v) is 17.0. The fourth-order valence-corrected chi connectivity index (χ4v) is 8.82. The van der Waals surface area contributed by atoms with Gasteiger partial charge in [-0.15, -0.1) is 0 Å². The van der Waals surface area contributed by atoms with E-state index in [-0.39, 0.29) is 56.2 Å². The number of carbonyl (C=O) groups excluding carboxylic acids is 8. The lowest BCUT2D eigenvalue weighted by molar-refractivity contribution is -0.275. The summed E-state index contributed by atoms with van der Waals surface area (Å²) in [5, 5.41) is 2.79. The average molecular weight is 1010 g/mol. The van der Waals surface area contributed by atoms with Crippen LogP contribution in [-0.4, -0.2) is 116 Å². The summed E-state index contributed by atoms with van der Waals surface area (Å²) in [5.41, 5.74) is 0.264. The summed E-state index contributed by atoms with van der Waals surface area (Å²) < 4.78 is 66.3. The molecule has 0 radical (unpaired) electrons. The first-order valence-corrected chi connectivity index (χ1v) is 23.1. The highest BCUT2D eigenvalue weighted by Gasteiger charge is 2.56. The van der Waals surface area contributed by atoms with Crippen LogP contribution in [0.3, 0.4) is 0 Å². The van der Waals surface area contributed by atoms with Gasteiger partial charge in [0.1, 0.15) is 12.7 Å². The zero-order valence-corrected chi connectivity index (χ0v) is 39.6. The van der Waals surface area contributed by atoms with Crippen LogP contribution in [0.2, 0.25) is 0 Å². The Morgan fingerprint density at radius 3 is 1.57 bits per heavy atom. The Balaban J connectivity index is 1.20. The first-order valence-electron chi connectivity index (χ1n) is 23.1. The van der Waals surface area contributed by atoms with E-state index in [1.165, 1.54) is 60.7 Å². The molecule has 3 aliphatic heterocycles. The topological polar surface area (TPSA) is 250 Å². The van der Waals surface area contributed by atoms with Crippen LogP contribution in [0.1, 0.15) is 78.1 Å². The summed E-state index contributed by atoms with van der Waals surface area (Å²) in [5.74, 6) is -7.55. The minimum Gasteiger partial charge on any atom is -0.459 e. The van der Waals surface area contributed by atoms with Gasteiger partial charge >= 0.3 is 41.8 Å². The maximum Gasteiger partial charge on any atom is 0.338 e. The van der Waals surface area contributed by atoms with E-state index >= 15 is 0 Å². The number of amides is 1. The smallest absolute Gasteiger partial charge is 0.338 e. The zero-order valence-electron chi connectivity index (χ0n) is 39.6. The van der Waals surface area contributed by atoms with E-state index in [2.05, 4.69) is 5.32 Å². The molecule has 0 spiro atoms. The molecule has 0 aromatic heterocycles.